The van der Waals surface area contributed by atoms with Gasteiger partial charge in [-0.15, -0.1) is 0 Å². The summed E-state index contributed by atoms with van der Waals surface area (Å²) in [6.07, 6.45) is 4.89. The van der Waals surface area contributed by atoms with Gasteiger partial charge < -0.3 is 11.5 Å². The first kappa shape index (κ1) is 10.9. The maximum Gasteiger partial charge on any atom is 0.0550 e. The molecule has 0 fully saturated rings. The van der Waals surface area contributed by atoms with Crippen molar-refractivity contribution in [1.29, 1.82) is 0 Å². The summed E-state index contributed by atoms with van der Waals surface area (Å²) >= 11 is 0. The second-order valence-corrected chi connectivity index (χ2v) is 3.86. The third kappa shape index (κ3) is 2.66. The quantitative estimate of drug-likeness (QED) is 0.569. The van der Waals surface area contributed by atoms with Gasteiger partial charge in [-0.05, 0) is 43.0 Å². The zero-order valence-electron chi connectivity index (χ0n) is 9.14. The van der Waals surface area contributed by atoms with Crippen molar-refractivity contribution in [2.24, 2.45) is 0 Å². The molecule has 0 aliphatic rings. The van der Waals surface area contributed by atoms with Crippen molar-refractivity contribution >= 4 is 11.4 Å². The largest absolute Gasteiger partial charge is 0.397 e. The summed E-state index contributed by atoms with van der Waals surface area (Å²) in [5.74, 6) is 0. The van der Waals surface area contributed by atoms with Gasteiger partial charge in [0.2, 0.25) is 0 Å². The lowest BCUT2D eigenvalue weighted by atomic mass is 10.0. The number of nitrogens with two attached hydrogens (primary N) is 2. The zero-order chi connectivity index (χ0) is 10.6. The molecule has 1 rings (SSSR count). The summed E-state index contributed by atoms with van der Waals surface area (Å²) < 4.78 is 0. The minimum Gasteiger partial charge on any atom is -0.397 e. The summed E-state index contributed by atoms with van der Waals surface area (Å²) in [6, 6.07) is 3.98. The minimum absolute atomic E-state index is 0.696. The molecule has 0 heterocycles. The van der Waals surface area contributed by atoms with Crippen LogP contribution >= 0.6 is 0 Å². The fraction of sp³-hybridized carbons (Fsp3) is 0.500. The average molecular weight is 192 g/mol. The van der Waals surface area contributed by atoms with E-state index >= 15 is 0 Å². The highest BCUT2D eigenvalue weighted by molar-refractivity contribution is 5.65. The Bertz CT molecular complexity index is 305. The molecule has 0 amide bonds. The third-order valence-corrected chi connectivity index (χ3v) is 2.59. The Labute approximate surface area is 86.3 Å². The van der Waals surface area contributed by atoms with Crippen molar-refractivity contribution in [3.05, 3.63) is 23.3 Å². The van der Waals surface area contributed by atoms with Crippen molar-refractivity contribution in [3.63, 3.8) is 0 Å². The van der Waals surface area contributed by atoms with Gasteiger partial charge in [-0.1, -0.05) is 19.8 Å². The number of hydrogen-bond donors (Lipinski definition) is 2. The maximum absolute atomic E-state index is 5.77. The van der Waals surface area contributed by atoms with E-state index in [1.807, 2.05) is 12.1 Å². The predicted octanol–water partition coefficient (Wildman–Crippen LogP) is 2.89. The highest BCUT2D eigenvalue weighted by Gasteiger charge is 2.02. The second-order valence-electron chi connectivity index (χ2n) is 3.86. The van der Waals surface area contributed by atoms with Crippen LogP contribution in [0.2, 0.25) is 0 Å². The highest BCUT2D eigenvalue weighted by Crippen LogP contribution is 2.21. The lowest BCUT2D eigenvalue weighted by molar-refractivity contribution is 0.715. The fourth-order valence-corrected chi connectivity index (χ4v) is 1.63. The SMILES string of the molecule is CCCCCc1cc(N)c(N)cc1C. The van der Waals surface area contributed by atoms with Gasteiger partial charge in [0, 0.05) is 0 Å². The number of unbranched alkanes of at least 4 members (excludes halogenated alkanes) is 2. The zero-order valence-corrected chi connectivity index (χ0v) is 9.14. The number of rotatable bonds is 4. The van der Waals surface area contributed by atoms with E-state index in [0.29, 0.717) is 11.4 Å². The molecule has 0 saturated heterocycles. The van der Waals surface area contributed by atoms with Crippen molar-refractivity contribution in [2.45, 2.75) is 39.5 Å². The van der Waals surface area contributed by atoms with E-state index in [0.717, 1.165) is 6.42 Å². The molecule has 0 atom stereocenters. The van der Waals surface area contributed by atoms with Crippen LogP contribution in [0.3, 0.4) is 0 Å². The Morgan fingerprint density at radius 1 is 1.07 bits per heavy atom. The van der Waals surface area contributed by atoms with Crippen LogP contribution in [0.1, 0.15) is 37.3 Å². The van der Waals surface area contributed by atoms with Crippen LogP contribution in [0.5, 0.6) is 0 Å². The molecular weight excluding hydrogens is 172 g/mol. The molecule has 4 N–H and O–H groups in total. The fourth-order valence-electron chi connectivity index (χ4n) is 1.63. The van der Waals surface area contributed by atoms with Crippen molar-refractivity contribution in [3.8, 4) is 0 Å². The standard InChI is InChI=1S/C12H20N2/c1-3-4-5-6-10-8-12(14)11(13)7-9(10)2/h7-8H,3-6,13-14H2,1-2H3. The van der Waals surface area contributed by atoms with E-state index in [4.69, 9.17) is 11.5 Å². The molecule has 0 aliphatic heterocycles. The van der Waals surface area contributed by atoms with E-state index in [9.17, 15) is 0 Å². The predicted molar refractivity (Wildman–Crippen MR) is 63.2 cm³/mol. The van der Waals surface area contributed by atoms with Gasteiger partial charge in [-0.25, -0.2) is 0 Å². The van der Waals surface area contributed by atoms with Crippen molar-refractivity contribution in [1.82, 2.24) is 0 Å². The van der Waals surface area contributed by atoms with Crippen LogP contribution in [0.25, 0.3) is 0 Å². The maximum atomic E-state index is 5.77. The molecule has 0 spiro atoms. The molecule has 0 saturated carbocycles. The second kappa shape index (κ2) is 4.89. The van der Waals surface area contributed by atoms with Gasteiger partial charge in [0.15, 0.2) is 0 Å². The summed E-state index contributed by atoms with van der Waals surface area (Å²) in [5.41, 5.74) is 15.5. The van der Waals surface area contributed by atoms with E-state index < -0.39 is 0 Å². The van der Waals surface area contributed by atoms with Gasteiger partial charge in [0.25, 0.3) is 0 Å². The monoisotopic (exact) mass is 192 g/mol. The molecule has 0 bridgehead atoms. The van der Waals surface area contributed by atoms with Crippen LogP contribution in [0.4, 0.5) is 11.4 Å². The van der Waals surface area contributed by atoms with E-state index in [-0.39, 0.29) is 0 Å². The van der Waals surface area contributed by atoms with Crippen molar-refractivity contribution in [2.75, 3.05) is 11.5 Å². The Kier molecular flexibility index (Phi) is 3.81. The van der Waals surface area contributed by atoms with Crippen LogP contribution in [0.15, 0.2) is 12.1 Å². The summed E-state index contributed by atoms with van der Waals surface area (Å²) in [4.78, 5) is 0. The number of aryl methyl sites for hydroxylation is 2. The van der Waals surface area contributed by atoms with Crippen molar-refractivity contribution < 1.29 is 0 Å². The van der Waals surface area contributed by atoms with E-state index in [1.165, 1.54) is 30.4 Å². The summed E-state index contributed by atoms with van der Waals surface area (Å²) in [6.45, 7) is 4.31. The molecule has 1 aromatic rings. The lowest BCUT2D eigenvalue weighted by Crippen LogP contribution is -1.99. The molecule has 1 aromatic carbocycles. The Morgan fingerprint density at radius 3 is 2.36 bits per heavy atom. The minimum atomic E-state index is 0.696. The molecule has 0 radical (unpaired) electrons. The Balaban J connectivity index is 2.72. The number of anilines is 2. The van der Waals surface area contributed by atoms with Gasteiger partial charge in [0.1, 0.15) is 0 Å². The highest BCUT2D eigenvalue weighted by atomic mass is 14.7. The molecule has 2 nitrogen and oxygen atoms in total. The first-order valence-electron chi connectivity index (χ1n) is 5.29. The summed E-state index contributed by atoms with van der Waals surface area (Å²) in [5, 5.41) is 0. The van der Waals surface area contributed by atoms with Crippen LogP contribution < -0.4 is 11.5 Å². The normalized spacial score (nSPS) is 10.4. The Hall–Kier alpha value is -1.18. The van der Waals surface area contributed by atoms with E-state index in [2.05, 4.69) is 13.8 Å². The first-order chi connectivity index (χ1) is 6.65. The average Bonchev–Trinajstić information content (AvgIpc) is 2.14. The molecule has 0 aromatic heterocycles. The number of hydrogen-bond acceptors (Lipinski definition) is 2. The molecule has 0 aliphatic carbocycles. The lowest BCUT2D eigenvalue weighted by Gasteiger charge is -2.08. The topological polar surface area (TPSA) is 52.0 Å². The molecule has 2 heteroatoms. The van der Waals surface area contributed by atoms with Gasteiger partial charge in [0.05, 0.1) is 11.4 Å². The number of nitrogen functional groups attached to an aromatic ring is 2. The van der Waals surface area contributed by atoms with Gasteiger partial charge >= 0.3 is 0 Å². The van der Waals surface area contributed by atoms with Gasteiger partial charge in [-0.2, -0.15) is 0 Å². The van der Waals surface area contributed by atoms with Crippen LogP contribution in [-0.4, -0.2) is 0 Å². The van der Waals surface area contributed by atoms with E-state index in [1.54, 1.807) is 0 Å². The molecule has 78 valence electrons. The third-order valence-electron chi connectivity index (χ3n) is 2.59. The van der Waals surface area contributed by atoms with Crippen LogP contribution in [-0.2, 0) is 6.42 Å². The Morgan fingerprint density at radius 2 is 1.71 bits per heavy atom. The molecule has 14 heavy (non-hydrogen) atoms. The first-order valence-corrected chi connectivity index (χ1v) is 5.29. The molecular formula is C12H20N2. The molecule has 0 unspecified atom stereocenters. The van der Waals surface area contributed by atoms with Crippen LogP contribution in [0, 0.1) is 6.92 Å². The summed E-state index contributed by atoms with van der Waals surface area (Å²) in [7, 11) is 0. The smallest absolute Gasteiger partial charge is 0.0550 e. The number of benzene rings is 1. The van der Waals surface area contributed by atoms with Gasteiger partial charge in [-0.3, -0.25) is 0 Å².